The Bertz CT molecular complexity index is 295. The number of benzene rings is 1. The minimum atomic E-state index is 0.594. The summed E-state index contributed by atoms with van der Waals surface area (Å²) in [6.07, 6.45) is 2.37. The fourth-order valence-corrected chi connectivity index (χ4v) is 1.43. The molecule has 0 aliphatic heterocycles. The molecule has 0 amide bonds. The van der Waals surface area contributed by atoms with E-state index in [-0.39, 0.29) is 0 Å². The molecule has 0 aliphatic carbocycles. The zero-order valence-corrected chi connectivity index (χ0v) is 9.74. The Morgan fingerprint density at radius 1 is 1.31 bits per heavy atom. The Balaban J connectivity index is 2.30. The summed E-state index contributed by atoms with van der Waals surface area (Å²) < 4.78 is 5.23. The SMILES string of the molecule is CCOCCNc1ccc(CCC=O)cc1. The lowest BCUT2D eigenvalue weighted by atomic mass is 10.1. The van der Waals surface area contributed by atoms with Gasteiger partial charge in [0.2, 0.25) is 0 Å². The van der Waals surface area contributed by atoms with E-state index in [9.17, 15) is 4.79 Å². The van der Waals surface area contributed by atoms with Crippen LogP contribution >= 0.6 is 0 Å². The normalized spacial score (nSPS) is 10.1. The van der Waals surface area contributed by atoms with Gasteiger partial charge < -0.3 is 14.8 Å². The summed E-state index contributed by atoms with van der Waals surface area (Å²) >= 11 is 0. The van der Waals surface area contributed by atoms with Crippen molar-refractivity contribution in [3.05, 3.63) is 29.8 Å². The van der Waals surface area contributed by atoms with Gasteiger partial charge in [0, 0.05) is 25.3 Å². The van der Waals surface area contributed by atoms with Gasteiger partial charge in [-0.1, -0.05) is 12.1 Å². The number of hydrogen-bond donors (Lipinski definition) is 1. The van der Waals surface area contributed by atoms with Gasteiger partial charge in [-0.3, -0.25) is 0 Å². The number of carbonyl (C=O) groups excluding carboxylic acids is 1. The maximum atomic E-state index is 10.2. The van der Waals surface area contributed by atoms with E-state index in [0.717, 1.165) is 38.2 Å². The maximum absolute atomic E-state index is 10.2. The van der Waals surface area contributed by atoms with Gasteiger partial charge in [0.05, 0.1) is 6.61 Å². The monoisotopic (exact) mass is 221 g/mol. The molecule has 0 bridgehead atoms. The van der Waals surface area contributed by atoms with E-state index in [2.05, 4.69) is 5.32 Å². The Morgan fingerprint density at radius 3 is 2.69 bits per heavy atom. The van der Waals surface area contributed by atoms with E-state index in [1.165, 1.54) is 5.56 Å². The Morgan fingerprint density at radius 2 is 2.06 bits per heavy atom. The molecule has 0 aromatic heterocycles. The van der Waals surface area contributed by atoms with Crippen molar-refractivity contribution >= 4 is 12.0 Å². The fraction of sp³-hybridized carbons (Fsp3) is 0.462. The predicted octanol–water partition coefficient (Wildman–Crippen LogP) is 2.27. The zero-order valence-electron chi connectivity index (χ0n) is 9.74. The van der Waals surface area contributed by atoms with E-state index in [1.807, 2.05) is 31.2 Å². The molecule has 3 heteroatoms. The molecule has 88 valence electrons. The molecule has 0 radical (unpaired) electrons. The number of anilines is 1. The highest BCUT2D eigenvalue weighted by molar-refractivity contribution is 5.51. The zero-order chi connectivity index (χ0) is 11.6. The molecule has 0 saturated heterocycles. The van der Waals surface area contributed by atoms with Gasteiger partial charge in [-0.25, -0.2) is 0 Å². The molecule has 0 atom stereocenters. The minimum absolute atomic E-state index is 0.594. The van der Waals surface area contributed by atoms with Gasteiger partial charge >= 0.3 is 0 Å². The Hall–Kier alpha value is -1.35. The second-order valence-corrected chi connectivity index (χ2v) is 3.53. The van der Waals surface area contributed by atoms with Crippen LogP contribution in [0, 0.1) is 0 Å². The molecule has 1 aromatic carbocycles. The Kier molecular flexibility index (Phi) is 6.26. The van der Waals surface area contributed by atoms with Crippen LogP contribution in [0.3, 0.4) is 0 Å². The van der Waals surface area contributed by atoms with E-state index < -0.39 is 0 Å². The summed E-state index contributed by atoms with van der Waals surface area (Å²) in [6.45, 7) is 4.29. The van der Waals surface area contributed by atoms with Crippen LogP contribution in [0.25, 0.3) is 0 Å². The lowest BCUT2D eigenvalue weighted by Crippen LogP contribution is -2.08. The number of aldehydes is 1. The number of ether oxygens (including phenoxy) is 1. The van der Waals surface area contributed by atoms with Crippen LogP contribution in [-0.2, 0) is 16.0 Å². The largest absolute Gasteiger partial charge is 0.383 e. The van der Waals surface area contributed by atoms with Gasteiger partial charge in [-0.2, -0.15) is 0 Å². The molecule has 0 spiro atoms. The first-order chi connectivity index (χ1) is 7.86. The summed E-state index contributed by atoms with van der Waals surface area (Å²) in [5.74, 6) is 0. The van der Waals surface area contributed by atoms with Gasteiger partial charge in [-0.05, 0) is 31.0 Å². The lowest BCUT2D eigenvalue weighted by molar-refractivity contribution is -0.107. The average Bonchev–Trinajstić information content (AvgIpc) is 2.33. The van der Waals surface area contributed by atoms with Crippen LogP contribution in [-0.4, -0.2) is 26.0 Å². The highest BCUT2D eigenvalue weighted by Gasteiger charge is 1.94. The van der Waals surface area contributed by atoms with Gasteiger partial charge in [-0.15, -0.1) is 0 Å². The third kappa shape index (κ3) is 4.94. The van der Waals surface area contributed by atoms with Crippen molar-refractivity contribution < 1.29 is 9.53 Å². The molecule has 1 aromatic rings. The summed E-state index contributed by atoms with van der Waals surface area (Å²) in [4.78, 5) is 10.2. The highest BCUT2D eigenvalue weighted by atomic mass is 16.5. The summed E-state index contributed by atoms with van der Waals surface area (Å²) in [6, 6.07) is 8.16. The molecule has 0 heterocycles. The maximum Gasteiger partial charge on any atom is 0.120 e. The first-order valence-corrected chi connectivity index (χ1v) is 5.71. The number of nitrogens with one attached hydrogen (secondary N) is 1. The molecular formula is C13H19NO2. The van der Waals surface area contributed by atoms with Crippen molar-refractivity contribution in [1.82, 2.24) is 0 Å². The third-order valence-electron chi connectivity index (χ3n) is 2.28. The number of rotatable bonds is 8. The molecule has 1 N–H and O–H groups in total. The van der Waals surface area contributed by atoms with E-state index in [0.29, 0.717) is 6.42 Å². The smallest absolute Gasteiger partial charge is 0.120 e. The molecular weight excluding hydrogens is 202 g/mol. The number of aryl methyl sites for hydroxylation is 1. The topological polar surface area (TPSA) is 38.3 Å². The van der Waals surface area contributed by atoms with Crippen molar-refractivity contribution in [3.63, 3.8) is 0 Å². The summed E-state index contributed by atoms with van der Waals surface area (Å²) in [5.41, 5.74) is 2.29. The average molecular weight is 221 g/mol. The van der Waals surface area contributed by atoms with E-state index >= 15 is 0 Å². The summed E-state index contributed by atoms with van der Waals surface area (Å²) in [7, 11) is 0. The first-order valence-electron chi connectivity index (χ1n) is 5.71. The molecule has 16 heavy (non-hydrogen) atoms. The van der Waals surface area contributed by atoms with Crippen molar-refractivity contribution in [2.24, 2.45) is 0 Å². The molecule has 3 nitrogen and oxygen atoms in total. The van der Waals surface area contributed by atoms with Crippen LogP contribution < -0.4 is 5.32 Å². The standard InChI is InChI=1S/C13H19NO2/c1-2-16-11-9-14-13-7-5-12(6-8-13)4-3-10-15/h5-8,10,14H,2-4,9,11H2,1H3. The van der Waals surface area contributed by atoms with Crippen LogP contribution in [0.15, 0.2) is 24.3 Å². The Labute approximate surface area is 96.8 Å². The van der Waals surface area contributed by atoms with Crippen LogP contribution in [0.1, 0.15) is 18.9 Å². The van der Waals surface area contributed by atoms with E-state index in [4.69, 9.17) is 4.74 Å². The fourth-order valence-electron chi connectivity index (χ4n) is 1.43. The molecule has 0 aliphatic rings. The molecule has 1 rings (SSSR count). The summed E-state index contributed by atoms with van der Waals surface area (Å²) in [5, 5.41) is 3.27. The van der Waals surface area contributed by atoms with Crippen molar-refractivity contribution in [2.45, 2.75) is 19.8 Å². The van der Waals surface area contributed by atoms with Crippen LogP contribution in [0.5, 0.6) is 0 Å². The van der Waals surface area contributed by atoms with Crippen LogP contribution in [0.4, 0.5) is 5.69 Å². The number of hydrogen-bond acceptors (Lipinski definition) is 3. The highest BCUT2D eigenvalue weighted by Crippen LogP contribution is 2.10. The van der Waals surface area contributed by atoms with E-state index in [1.54, 1.807) is 0 Å². The second kappa shape index (κ2) is 7.88. The quantitative estimate of drug-likeness (QED) is 0.540. The van der Waals surface area contributed by atoms with Crippen molar-refractivity contribution in [1.29, 1.82) is 0 Å². The van der Waals surface area contributed by atoms with Crippen LogP contribution in [0.2, 0.25) is 0 Å². The molecule has 0 saturated carbocycles. The van der Waals surface area contributed by atoms with Gasteiger partial charge in [0.1, 0.15) is 6.29 Å². The molecule has 0 unspecified atom stereocenters. The number of carbonyl (C=O) groups is 1. The predicted molar refractivity (Wildman–Crippen MR) is 65.8 cm³/mol. The third-order valence-corrected chi connectivity index (χ3v) is 2.28. The van der Waals surface area contributed by atoms with Gasteiger partial charge in [0.25, 0.3) is 0 Å². The van der Waals surface area contributed by atoms with Crippen molar-refractivity contribution in [2.75, 3.05) is 25.1 Å². The minimum Gasteiger partial charge on any atom is -0.383 e. The molecule has 0 fully saturated rings. The van der Waals surface area contributed by atoms with Gasteiger partial charge in [0.15, 0.2) is 0 Å². The first kappa shape index (κ1) is 12.7. The lowest BCUT2D eigenvalue weighted by Gasteiger charge is -2.07. The second-order valence-electron chi connectivity index (χ2n) is 3.53. The van der Waals surface area contributed by atoms with Crippen molar-refractivity contribution in [3.8, 4) is 0 Å².